The summed E-state index contributed by atoms with van der Waals surface area (Å²) in [5.74, 6) is 1.57. The van der Waals surface area contributed by atoms with E-state index in [-0.39, 0.29) is 11.9 Å². The molecule has 0 aliphatic heterocycles. The number of thiazole rings is 1. The van der Waals surface area contributed by atoms with Gasteiger partial charge in [-0.15, -0.1) is 11.3 Å². The Balaban J connectivity index is 1.54. The van der Waals surface area contributed by atoms with E-state index in [2.05, 4.69) is 38.5 Å². The van der Waals surface area contributed by atoms with Gasteiger partial charge in [0.15, 0.2) is 0 Å². The zero-order valence-corrected chi connectivity index (χ0v) is 20.9. The molecule has 1 amide bonds. The molecule has 2 aromatic heterocycles. The number of H-pyrrole nitrogens is 1. The van der Waals surface area contributed by atoms with Crippen LogP contribution in [0.15, 0.2) is 54.3 Å². The first-order valence-electron chi connectivity index (χ1n) is 11.9. The average molecular weight is 491 g/mol. The van der Waals surface area contributed by atoms with Gasteiger partial charge in [-0.1, -0.05) is 44.0 Å². The van der Waals surface area contributed by atoms with Crippen LogP contribution in [0.1, 0.15) is 67.0 Å². The topological polar surface area (TPSA) is 97.0 Å². The molecule has 0 bridgehead atoms. The number of hydrogen-bond acceptors (Lipinski definition) is 6. The smallest absolute Gasteiger partial charge is 0.263 e. The predicted octanol–water partition coefficient (Wildman–Crippen LogP) is 6.10. The number of nitrogens with one attached hydrogen (secondary N) is 2. The number of fused-ring (bicyclic) bond motifs is 1. The summed E-state index contributed by atoms with van der Waals surface area (Å²) in [7, 11) is 1.66. The van der Waals surface area contributed by atoms with Gasteiger partial charge in [-0.05, 0) is 35.7 Å². The molecule has 4 aromatic rings. The Hall–Kier alpha value is -3.52. The summed E-state index contributed by atoms with van der Waals surface area (Å²) >= 11 is 1.31. The number of nitrogens with zero attached hydrogens (tertiary/aromatic N) is 2. The first kappa shape index (κ1) is 24.6. The number of carbonyl (C=O) groups is 2. The Bertz CT molecular complexity index is 1280. The summed E-state index contributed by atoms with van der Waals surface area (Å²) in [5.41, 5.74) is 3.38. The Kier molecular flexibility index (Phi) is 8.26. The third-order valence-electron chi connectivity index (χ3n) is 6.09. The Morgan fingerprint density at radius 3 is 2.63 bits per heavy atom. The molecule has 0 saturated carbocycles. The molecule has 0 saturated heterocycles. The van der Waals surface area contributed by atoms with E-state index in [0.717, 1.165) is 47.0 Å². The zero-order chi connectivity index (χ0) is 24.6. The van der Waals surface area contributed by atoms with E-state index < -0.39 is 0 Å². The zero-order valence-electron chi connectivity index (χ0n) is 20.0. The maximum atomic E-state index is 12.8. The number of rotatable bonds is 12. The number of aromatic nitrogens is 3. The molecule has 0 fully saturated rings. The van der Waals surface area contributed by atoms with Crippen LogP contribution >= 0.6 is 11.3 Å². The molecule has 35 heavy (non-hydrogen) atoms. The van der Waals surface area contributed by atoms with Crippen LogP contribution in [0.4, 0.5) is 0 Å². The Morgan fingerprint density at radius 2 is 1.91 bits per heavy atom. The molecule has 1 atom stereocenters. The second-order valence-electron chi connectivity index (χ2n) is 8.47. The molecule has 0 aliphatic rings. The van der Waals surface area contributed by atoms with E-state index in [1.54, 1.807) is 25.0 Å². The Labute approximate surface area is 209 Å². The van der Waals surface area contributed by atoms with Crippen molar-refractivity contribution < 1.29 is 14.3 Å². The fourth-order valence-electron chi connectivity index (χ4n) is 4.11. The lowest BCUT2D eigenvalue weighted by Crippen LogP contribution is -2.28. The van der Waals surface area contributed by atoms with Gasteiger partial charge >= 0.3 is 0 Å². The molecule has 8 heteroatoms. The maximum absolute atomic E-state index is 12.8. The summed E-state index contributed by atoms with van der Waals surface area (Å²) in [6, 6.07) is 12.0. The number of unbranched alkanes of at least 4 members (excludes halogenated alkanes) is 2. The standard InChI is InChI=1S/C27H30N4O3S/c1-3-20(32)11-5-4-6-12-22(31-27(33)25-16-28-17-35-25)26-29-15-23(30-26)21-13-18-9-7-8-10-19(18)14-24(21)34-2/h7-10,13-17,22H,3-6,11-12H2,1-2H3,(H,29,30)(H,31,33)/t22-/m0/s1. The second kappa shape index (κ2) is 11.8. The van der Waals surface area contributed by atoms with Gasteiger partial charge in [0.25, 0.3) is 5.91 Å². The molecule has 0 aliphatic carbocycles. The van der Waals surface area contributed by atoms with Crippen molar-refractivity contribution in [2.75, 3.05) is 7.11 Å². The van der Waals surface area contributed by atoms with Crippen LogP contribution in [0.3, 0.4) is 0 Å². The number of benzene rings is 2. The number of aromatic amines is 1. The quantitative estimate of drug-likeness (QED) is 0.234. The van der Waals surface area contributed by atoms with Crippen LogP contribution < -0.4 is 10.1 Å². The predicted molar refractivity (Wildman–Crippen MR) is 139 cm³/mol. The summed E-state index contributed by atoms with van der Waals surface area (Å²) in [5, 5.41) is 5.32. The van der Waals surface area contributed by atoms with Gasteiger partial charge in [0.05, 0.1) is 36.7 Å². The third kappa shape index (κ3) is 6.14. The van der Waals surface area contributed by atoms with Crippen LogP contribution in [0, 0.1) is 0 Å². The van der Waals surface area contributed by atoms with Gasteiger partial charge in [0.2, 0.25) is 0 Å². The molecule has 0 spiro atoms. The number of hydrogen-bond donors (Lipinski definition) is 2. The number of Topliss-reactive ketones (excluding diaryl/α,β-unsaturated/α-hetero) is 1. The van der Waals surface area contributed by atoms with Crippen LogP contribution in [-0.4, -0.2) is 33.8 Å². The average Bonchev–Trinajstić information content (AvgIpc) is 3.59. The first-order chi connectivity index (χ1) is 17.1. The van der Waals surface area contributed by atoms with Crippen molar-refractivity contribution in [3.8, 4) is 17.0 Å². The molecule has 2 N–H and O–H groups in total. The van der Waals surface area contributed by atoms with E-state index >= 15 is 0 Å². The minimum absolute atomic E-state index is 0.167. The van der Waals surface area contributed by atoms with Gasteiger partial charge in [-0.2, -0.15) is 0 Å². The van der Waals surface area contributed by atoms with Gasteiger partial charge in [-0.3, -0.25) is 14.6 Å². The van der Waals surface area contributed by atoms with Gasteiger partial charge in [0, 0.05) is 18.4 Å². The number of carbonyl (C=O) groups excluding carboxylic acids is 2. The van der Waals surface area contributed by atoms with E-state index in [0.29, 0.717) is 35.7 Å². The summed E-state index contributed by atoms with van der Waals surface area (Å²) in [6.07, 6.45) is 7.92. The highest BCUT2D eigenvalue weighted by Gasteiger charge is 2.21. The van der Waals surface area contributed by atoms with Crippen molar-refractivity contribution in [1.29, 1.82) is 0 Å². The Morgan fingerprint density at radius 1 is 1.11 bits per heavy atom. The fraction of sp³-hybridized carbons (Fsp3) is 0.333. The molecule has 2 aromatic carbocycles. The highest BCUT2D eigenvalue weighted by molar-refractivity contribution is 7.11. The normalized spacial score (nSPS) is 11.9. The summed E-state index contributed by atoms with van der Waals surface area (Å²) < 4.78 is 5.66. The molecular formula is C27H30N4O3S. The largest absolute Gasteiger partial charge is 0.496 e. The highest BCUT2D eigenvalue weighted by atomic mass is 32.1. The van der Waals surface area contributed by atoms with Gasteiger partial charge in [-0.25, -0.2) is 4.98 Å². The minimum Gasteiger partial charge on any atom is -0.496 e. The molecule has 0 radical (unpaired) electrons. The van der Waals surface area contributed by atoms with Crippen molar-refractivity contribution in [3.63, 3.8) is 0 Å². The van der Waals surface area contributed by atoms with Crippen LogP contribution in [0.25, 0.3) is 22.0 Å². The van der Waals surface area contributed by atoms with Crippen LogP contribution in [-0.2, 0) is 4.79 Å². The maximum Gasteiger partial charge on any atom is 0.263 e. The van der Waals surface area contributed by atoms with E-state index in [1.165, 1.54) is 11.3 Å². The monoisotopic (exact) mass is 490 g/mol. The van der Waals surface area contributed by atoms with Crippen LogP contribution in [0.5, 0.6) is 5.75 Å². The molecular weight excluding hydrogens is 460 g/mol. The third-order valence-corrected chi connectivity index (χ3v) is 6.86. The van der Waals surface area contributed by atoms with E-state index in [9.17, 15) is 9.59 Å². The lowest BCUT2D eigenvalue weighted by molar-refractivity contribution is -0.118. The van der Waals surface area contributed by atoms with Crippen molar-refractivity contribution in [1.82, 2.24) is 20.3 Å². The molecule has 7 nitrogen and oxygen atoms in total. The second-order valence-corrected chi connectivity index (χ2v) is 9.35. The highest BCUT2D eigenvalue weighted by Crippen LogP contribution is 2.34. The molecule has 182 valence electrons. The first-order valence-corrected chi connectivity index (χ1v) is 12.8. The van der Waals surface area contributed by atoms with Crippen molar-refractivity contribution in [2.24, 2.45) is 0 Å². The molecule has 0 unspecified atom stereocenters. The van der Waals surface area contributed by atoms with Crippen molar-refractivity contribution in [2.45, 2.75) is 51.5 Å². The van der Waals surface area contributed by atoms with Crippen molar-refractivity contribution in [3.05, 3.63) is 65.0 Å². The lowest BCUT2D eigenvalue weighted by atomic mass is 10.0. The SMILES string of the molecule is CCC(=O)CCCCC[C@H](NC(=O)c1cncs1)c1ncc(-c2cc3ccccc3cc2OC)[nH]1. The number of methoxy groups -OCH3 is 1. The number of amides is 1. The van der Waals surface area contributed by atoms with Crippen molar-refractivity contribution >= 4 is 33.8 Å². The van der Waals surface area contributed by atoms with E-state index in [1.807, 2.05) is 25.1 Å². The molecule has 2 heterocycles. The molecule has 4 rings (SSSR count). The summed E-state index contributed by atoms with van der Waals surface area (Å²) in [6.45, 7) is 1.90. The number of imidazole rings is 1. The summed E-state index contributed by atoms with van der Waals surface area (Å²) in [4.78, 5) is 37.0. The van der Waals surface area contributed by atoms with Gasteiger partial charge in [0.1, 0.15) is 22.2 Å². The minimum atomic E-state index is -0.285. The number of ether oxygens (including phenoxy) is 1. The fourth-order valence-corrected chi connectivity index (χ4v) is 4.63. The van der Waals surface area contributed by atoms with Crippen LogP contribution in [0.2, 0.25) is 0 Å². The van der Waals surface area contributed by atoms with E-state index in [4.69, 9.17) is 4.74 Å². The lowest BCUT2D eigenvalue weighted by Gasteiger charge is -2.16. The van der Waals surface area contributed by atoms with Gasteiger partial charge < -0.3 is 15.0 Å². The number of ketones is 1.